The number of amides is 2. The molecule has 0 N–H and O–H groups in total. The molecule has 0 radical (unpaired) electrons. The summed E-state index contributed by atoms with van der Waals surface area (Å²) < 4.78 is 0. The molecule has 2 saturated heterocycles. The molecule has 2 aliphatic rings. The number of carbonyl (C=O) groups is 2. The van der Waals surface area contributed by atoms with Gasteiger partial charge in [-0.3, -0.25) is 9.59 Å². The van der Waals surface area contributed by atoms with E-state index in [9.17, 15) is 9.59 Å². The van der Waals surface area contributed by atoms with Gasteiger partial charge in [-0.2, -0.15) is 0 Å². The maximum absolute atomic E-state index is 13.1. The molecule has 4 nitrogen and oxygen atoms in total. The molecule has 2 amide bonds. The second-order valence-electron chi connectivity index (χ2n) is 6.90. The molecular weight excluding hydrogens is 400 g/mol. The van der Waals surface area contributed by atoms with Crippen LogP contribution < -0.4 is 0 Å². The molecule has 0 bridgehead atoms. The lowest BCUT2D eigenvalue weighted by Gasteiger charge is -2.44. The standard InChI is InChI=1S/C20H21ClN2O2S2/c21-16-4-1-3-15(13-16)19(25)23-10-12-27-20(23)6-8-22(9-7-20)18(24)14-17-5-2-11-26-17/h1-5,11,13H,6-10,12,14H2. The SMILES string of the molecule is O=C(Cc1cccs1)N1CCC2(CC1)SCCN2C(=O)c1cccc(Cl)c1. The van der Waals surface area contributed by atoms with Crippen molar-refractivity contribution < 1.29 is 9.59 Å². The predicted octanol–water partition coefficient (Wildman–Crippen LogP) is 4.15. The van der Waals surface area contributed by atoms with Crippen molar-refractivity contribution in [1.82, 2.24) is 9.80 Å². The highest BCUT2D eigenvalue weighted by molar-refractivity contribution is 8.00. The van der Waals surface area contributed by atoms with Gasteiger partial charge in [-0.25, -0.2) is 0 Å². The van der Waals surface area contributed by atoms with Crippen LogP contribution in [-0.2, 0) is 11.2 Å². The van der Waals surface area contributed by atoms with E-state index in [4.69, 9.17) is 11.6 Å². The molecular formula is C20H21ClN2O2S2. The summed E-state index contributed by atoms with van der Waals surface area (Å²) in [6, 6.07) is 11.1. The number of benzene rings is 1. The zero-order valence-corrected chi connectivity index (χ0v) is 17.3. The molecule has 142 valence electrons. The summed E-state index contributed by atoms with van der Waals surface area (Å²) in [7, 11) is 0. The largest absolute Gasteiger partial charge is 0.342 e. The Hall–Kier alpha value is -1.50. The zero-order valence-electron chi connectivity index (χ0n) is 14.9. The number of hydrogen-bond acceptors (Lipinski definition) is 4. The molecule has 2 aliphatic heterocycles. The first-order valence-electron chi connectivity index (χ1n) is 9.09. The molecule has 0 atom stereocenters. The smallest absolute Gasteiger partial charge is 0.255 e. The third-order valence-electron chi connectivity index (χ3n) is 5.30. The van der Waals surface area contributed by atoms with Gasteiger partial charge in [-0.1, -0.05) is 23.7 Å². The summed E-state index contributed by atoms with van der Waals surface area (Å²) in [4.78, 5) is 30.5. The first-order valence-corrected chi connectivity index (χ1v) is 11.3. The number of likely N-dealkylation sites (tertiary alicyclic amines) is 1. The Morgan fingerprint density at radius 2 is 1.93 bits per heavy atom. The molecule has 0 unspecified atom stereocenters. The van der Waals surface area contributed by atoms with Gasteiger partial charge in [0.05, 0.1) is 11.3 Å². The van der Waals surface area contributed by atoms with Crippen molar-refractivity contribution in [1.29, 1.82) is 0 Å². The van der Waals surface area contributed by atoms with E-state index in [2.05, 4.69) is 0 Å². The van der Waals surface area contributed by atoms with E-state index in [-0.39, 0.29) is 16.7 Å². The molecule has 2 fully saturated rings. The number of hydrogen-bond donors (Lipinski definition) is 0. The summed E-state index contributed by atoms with van der Waals surface area (Å²) in [5, 5.41) is 2.58. The molecule has 4 rings (SSSR count). The van der Waals surface area contributed by atoms with Gasteiger partial charge in [-0.15, -0.1) is 23.1 Å². The van der Waals surface area contributed by atoms with Gasteiger partial charge in [0.25, 0.3) is 5.91 Å². The maximum atomic E-state index is 13.1. The third-order valence-corrected chi connectivity index (χ3v) is 7.96. The Bertz CT molecular complexity index is 832. The summed E-state index contributed by atoms with van der Waals surface area (Å²) in [6.07, 6.45) is 2.11. The van der Waals surface area contributed by atoms with E-state index in [1.165, 1.54) is 0 Å². The van der Waals surface area contributed by atoms with Crippen molar-refractivity contribution in [3.8, 4) is 0 Å². The maximum Gasteiger partial charge on any atom is 0.255 e. The first kappa shape index (κ1) is 18.8. The highest BCUT2D eigenvalue weighted by Crippen LogP contribution is 2.44. The quantitative estimate of drug-likeness (QED) is 0.748. The predicted molar refractivity (Wildman–Crippen MR) is 112 cm³/mol. The van der Waals surface area contributed by atoms with Crippen LogP contribution in [-0.4, -0.2) is 51.9 Å². The zero-order chi connectivity index (χ0) is 18.9. The molecule has 1 aromatic heterocycles. The van der Waals surface area contributed by atoms with Crippen molar-refractivity contribution in [2.45, 2.75) is 24.1 Å². The number of thiophene rings is 1. The number of carbonyl (C=O) groups excluding carboxylic acids is 2. The molecule has 1 spiro atoms. The molecule has 0 saturated carbocycles. The minimum Gasteiger partial charge on any atom is -0.342 e. The van der Waals surface area contributed by atoms with Gasteiger partial charge < -0.3 is 9.80 Å². The van der Waals surface area contributed by atoms with Crippen molar-refractivity contribution in [2.24, 2.45) is 0 Å². The molecule has 7 heteroatoms. The topological polar surface area (TPSA) is 40.6 Å². The lowest BCUT2D eigenvalue weighted by Crippen LogP contribution is -2.53. The third kappa shape index (κ3) is 3.89. The summed E-state index contributed by atoms with van der Waals surface area (Å²) in [6.45, 7) is 2.16. The van der Waals surface area contributed by atoms with E-state index in [1.54, 1.807) is 23.5 Å². The average molecular weight is 421 g/mol. The molecule has 27 heavy (non-hydrogen) atoms. The van der Waals surface area contributed by atoms with Gasteiger partial charge in [0.2, 0.25) is 5.91 Å². The van der Waals surface area contributed by atoms with Crippen LogP contribution in [0.25, 0.3) is 0 Å². The molecule has 3 heterocycles. The number of piperidine rings is 1. The van der Waals surface area contributed by atoms with Crippen molar-refractivity contribution in [2.75, 3.05) is 25.4 Å². The fourth-order valence-electron chi connectivity index (χ4n) is 3.87. The van der Waals surface area contributed by atoms with Crippen LogP contribution in [0, 0.1) is 0 Å². The summed E-state index contributed by atoms with van der Waals surface area (Å²) >= 11 is 9.54. The van der Waals surface area contributed by atoms with E-state index in [0.29, 0.717) is 30.1 Å². The Kier molecular flexibility index (Phi) is 5.48. The number of halogens is 1. The second-order valence-corrected chi connectivity index (χ2v) is 9.82. The van der Waals surface area contributed by atoms with Crippen LogP contribution in [0.2, 0.25) is 5.02 Å². The van der Waals surface area contributed by atoms with Gasteiger partial charge in [-0.05, 0) is 42.5 Å². The number of nitrogens with zero attached hydrogens (tertiary/aromatic N) is 2. The fraction of sp³-hybridized carbons (Fsp3) is 0.400. The van der Waals surface area contributed by atoms with Crippen molar-refractivity contribution >= 4 is 46.5 Å². The van der Waals surface area contributed by atoms with Crippen LogP contribution >= 0.6 is 34.7 Å². The Morgan fingerprint density at radius 3 is 2.63 bits per heavy atom. The van der Waals surface area contributed by atoms with Crippen molar-refractivity contribution in [3.05, 3.63) is 57.2 Å². The molecule has 1 aromatic carbocycles. The molecule has 2 aromatic rings. The minimum atomic E-state index is -0.195. The van der Waals surface area contributed by atoms with Crippen LogP contribution in [0.5, 0.6) is 0 Å². The monoisotopic (exact) mass is 420 g/mol. The molecule has 0 aliphatic carbocycles. The normalized spacial score (nSPS) is 18.9. The summed E-state index contributed by atoms with van der Waals surface area (Å²) in [5.74, 6) is 1.17. The fourth-order valence-corrected chi connectivity index (χ4v) is 6.21. The second kappa shape index (κ2) is 7.86. The average Bonchev–Trinajstić information content (AvgIpc) is 3.32. The van der Waals surface area contributed by atoms with Crippen LogP contribution in [0.15, 0.2) is 41.8 Å². The van der Waals surface area contributed by atoms with E-state index in [0.717, 1.165) is 30.0 Å². The Morgan fingerprint density at radius 1 is 1.11 bits per heavy atom. The van der Waals surface area contributed by atoms with Crippen molar-refractivity contribution in [3.63, 3.8) is 0 Å². The van der Waals surface area contributed by atoms with Gasteiger partial charge >= 0.3 is 0 Å². The Labute approximate surface area is 172 Å². The number of rotatable bonds is 3. The van der Waals surface area contributed by atoms with E-state index < -0.39 is 0 Å². The first-order chi connectivity index (χ1) is 13.1. The van der Waals surface area contributed by atoms with Crippen LogP contribution in [0.1, 0.15) is 28.1 Å². The van der Waals surface area contributed by atoms with Gasteiger partial charge in [0.1, 0.15) is 0 Å². The summed E-state index contributed by atoms with van der Waals surface area (Å²) in [5.41, 5.74) is 0.639. The van der Waals surface area contributed by atoms with Gasteiger partial charge in [0.15, 0.2) is 0 Å². The van der Waals surface area contributed by atoms with E-state index >= 15 is 0 Å². The highest BCUT2D eigenvalue weighted by atomic mass is 35.5. The lowest BCUT2D eigenvalue weighted by molar-refractivity contribution is -0.132. The van der Waals surface area contributed by atoms with E-state index in [1.807, 2.05) is 51.2 Å². The Balaban J connectivity index is 1.43. The minimum absolute atomic E-state index is 0.0425. The lowest BCUT2D eigenvalue weighted by atomic mass is 10.0. The van der Waals surface area contributed by atoms with Crippen LogP contribution in [0.4, 0.5) is 0 Å². The highest BCUT2D eigenvalue weighted by Gasteiger charge is 2.47. The number of thioether (sulfide) groups is 1. The van der Waals surface area contributed by atoms with Gasteiger partial charge in [0, 0.05) is 40.9 Å². The van der Waals surface area contributed by atoms with Crippen LogP contribution in [0.3, 0.4) is 0 Å².